The Morgan fingerprint density at radius 1 is 1.22 bits per heavy atom. The minimum Gasteiger partial charge on any atom is -0.348 e. The van der Waals surface area contributed by atoms with Crippen LogP contribution in [0.4, 0.5) is 0 Å². The van der Waals surface area contributed by atoms with E-state index in [1.807, 2.05) is 36.4 Å². The van der Waals surface area contributed by atoms with Gasteiger partial charge in [0.2, 0.25) is 5.91 Å². The van der Waals surface area contributed by atoms with Gasteiger partial charge in [-0.1, -0.05) is 23.7 Å². The molecular weight excluding hydrogens is 314 g/mol. The Morgan fingerprint density at radius 2 is 1.96 bits per heavy atom. The van der Waals surface area contributed by atoms with Crippen molar-refractivity contribution in [3.8, 4) is 0 Å². The molecule has 0 unspecified atom stereocenters. The fourth-order valence-corrected chi connectivity index (χ4v) is 2.57. The van der Waals surface area contributed by atoms with Crippen LogP contribution < -0.4 is 5.32 Å². The van der Waals surface area contributed by atoms with Crippen LogP contribution in [0.5, 0.6) is 0 Å². The van der Waals surface area contributed by atoms with Crippen molar-refractivity contribution in [3.05, 3.63) is 58.1 Å². The average Bonchev–Trinajstić information content (AvgIpc) is 2.91. The lowest BCUT2D eigenvalue weighted by Gasteiger charge is -2.06. The Morgan fingerprint density at radius 3 is 2.70 bits per heavy atom. The number of aromatic nitrogens is 4. The van der Waals surface area contributed by atoms with Crippen LogP contribution in [0.25, 0.3) is 5.78 Å². The third kappa shape index (κ3) is 3.48. The Kier molecular flexibility index (Phi) is 4.25. The molecule has 0 atom stereocenters. The molecule has 0 spiro atoms. The van der Waals surface area contributed by atoms with Gasteiger partial charge >= 0.3 is 0 Å². The highest BCUT2D eigenvalue weighted by molar-refractivity contribution is 6.30. The highest BCUT2D eigenvalue weighted by Gasteiger charge is 2.11. The summed E-state index contributed by atoms with van der Waals surface area (Å²) < 4.78 is 1.84. The van der Waals surface area contributed by atoms with Crippen molar-refractivity contribution in [1.82, 2.24) is 24.9 Å². The summed E-state index contributed by atoms with van der Waals surface area (Å²) in [5.41, 5.74) is 2.78. The predicted molar refractivity (Wildman–Crippen MR) is 87.3 cm³/mol. The molecule has 0 aliphatic heterocycles. The summed E-state index contributed by atoms with van der Waals surface area (Å²) in [6.07, 6.45) is 0.296. The van der Waals surface area contributed by atoms with E-state index in [0.717, 1.165) is 17.0 Å². The van der Waals surface area contributed by atoms with Crippen LogP contribution in [0, 0.1) is 13.8 Å². The molecule has 6 nitrogen and oxygen atoms in total. The molecule has 0 radical (unpaired) electrons. The number of nitrogens with zero attached hydrogens (tertiary/aromatic N) is 4. The zero-order valence-electron chi connectivity index (χ0n) is 12.9. The lowest BCUT2D eigenvalue weighted by molar-refractivity contribution is -0.120. The molecule has 23 heavy (non-hydrogen) atoms. The Labute approximate surface area is 138 Å². The van der Waals surface area contributed by atoms with Gasteiger partial charge in [0, 0.05) is 16.4 Å². The van der Waals surface area contributed by atoms with E-state index in [1.165, 1.54) is 0 Å². The maximum Gasteiger partial charge on any atom is 0.255 e. The summed E-state index contributed by atoms with van der Waals surface area (Å²) in [6.45, 7) is 4.18. The first kappa shape index (κ1) is 15.4. The van der Waals surface area contributed by atoms with Gasteiger partial charge in [0.15, 0.2) is 5.82 Å². The van der Waals surface area contributed by atoms with E-state index >= 15 is 0 Å². The summed E-state index contributed by atoms with van der Waals surface area (Å²) in [4.78, 5) is 16.4. The topological polar surface area (TPSA) is 72.2 Å². The molecular formula is C16H16ClN5O. The molecule has 0 saturated heterocycles. The maximum absolute atomic E-state index is 12.1. The molecule has 118 valence electrons. The van der Waals surface area contributed by atoms with Gasteiger partial charge in [-0.3, -0.25) is 9.20 Å². The van der Waals surface area contributed by atoms with Crippen molar-refractivity contribution in [3.63, 3.8) is 0 Å². The minimum atomic E-state index is -0.0817. The number of fused-ring (bicyclic) bond motifs is 1. The molecule has 2 heterocycles. The van der Waals surface area contributed by atoms with Crippen LogP contribution in [0.1, 0.15) is 22.8 Å². The molecule has 0 bridgehead atoms. The van der Waals surface area contributed by atoms with Crippen molar-refractivity contribution in [1.29, 1.82) is 0 Å². The van der Waals surface area contributed by atoms with Gasteiger partial charge in [-0.25, -0.2) is 4.98 Å². The third-order valence-electron chi connectivity index (χ3n) is 3.48. The summed E-state index contributed by atoms with van der Waals surface area (Å²) >= 11 is 5.83. The van der Waals surface area contributed by atoms with Crippen molar-refractivity contribution in [2.24, 2.45) is 0 Å². The van der Waals surface area contributed by atoms with Gasteiger partial charge in [-0.05, 0) is 37.6 Å². The second-order valence-corrected chi connectivity index (χ2v) is 5.81. The molecule has 1 aromatic carbocycles. The number of amides is 1. The molecule has 1 amide bonds. The van der Waals surface area contributed by atoms with Crippen molar-refractivity contribution in [2.75, 3.05) is 0 Å². The quantitative estimate of drug-likeness (QED) is 0.797. The summed E-state index contributed by atoms with van der Waals surface area (Å²) in [5, 5.41) is 11.7. The predicted octanol–water partition coefficient (Wildman–Crippen LogP) is 2.25. The number of carbonyl (C=O) groups is 1. The second kappa shape index (κ2) is 6.34. The van der Waals surface area contributed by atoms with E-state index in [1.54, 1.807) is 12.1 Å². The average molecular weight is 330 g/mol. The van der Waals surface area contributed by atoms with E-state index in [2.05, 4.69) is 20.5 Å². The third-order valence-corrected chi connectivity index (χ3v) is 3.73. The molecule has 0 saturated carbocycles. The first-order valence-electron chi connectivity index (χ1n) is 7.22. The van der Waals surface area contributed by atoms with Crippen molar-refractivity contribution < 1.29 is 4.79 Å². The number of nitrogens with one attached hydrogen (secondary N) is 1. The number of benzene rings is 1. The summed E-state index contributed by atoms with van der Waals surface area (Å²) in [6, 6.07) is 9.17. The molecule has 3 rings (SSSR count). The van der Waals surface area contributed by atoms with Gasteiger partial charge in [0.1, 0.15) is 0 Å². The smallest absolute Gasteiger partial charge is 0.255 e. The number of carbonyl (C=O) groups excluding carboxylic acids is 1. The Balaban J connectivity index is 1.68. The highest BCUT2D eigenvalue weighted by Crippen LogP contribution is 2.10. The van der Waals surface area contributed by atoms with Crippen molar-refractivity contribution >= 4 is 23.3 Å². The summed E-state index contributed by atoms with van der Waals surface area (Å²) in [7, 11) is 0. The van der Waals surface area contributed by atoms with E-state index < -0.39 is 0 Å². The molecule has 7 heteroatoms. The van der Waals surface area contributed by atoms with Gasteiger partial charge < -0.3 is 5.32 Å². The minimum absolute atomic E-state index is 0.0817. The zero-order valence-corrected chi connectivity index (χ0v) is 13.6. The van der Waals surface area contributed by atoms with Gasteiger partial charge in [0.25, 0.3) is 5.78 Å². The molecule has 1 N–H and O–H groups in total. The Bertz CT molecular complexity index is 857. The number of hydrogen-bond donors (Lipinski definition) is 1. The first-order valence-corrected chi connectivity index (χ1v) is 7.60. The molecule has 3 aromatic rings. The van der Waals surface area contributed by atoms with Crippen LogP contribution >= 0.6 is 11.6 Å². The molecule has 2 aromatic heterocycles. The Hall–Kier alpha value is -2.47. The van der Waals surface area contributed by atoms with Crippen molar-refractivity contribution in [2.45, 2.75) is 26.8 Å². The number of halogens is 1. The standard InChI is InChI=1S/C16H16ClN5O/c1-10-7-11(2)22-14(20-21-16(22)19-10)9-18-15(23)8-12-3-5-13(17)6-4-12/h3-7H,8-9H2,1-2H3,(H,18,23). The van der Waals surface area contributed by atoms with E-state index in [-0.39, 0.29) is 5.91 Å². The monoisotopic (exact) mass is 329 g/mol. The molecule has 0 fully saturated rings. The SMILES string of the molecule is Cc1cc(C)n2c(CNC(=O)Cc3ccc(Cl)cc3)nnc2n1. The van der Waals surface area contributed by atoms with E-state index in [4.69, 9.17) is 11.6 Å². The van der Waals surface area contributed by atoms with Gasteiger partial charge in [-0.2, -0.15) is 0 Å². The van der Waals surface area contributed by atoms with E-state index in [9.17, 15) is 4.79 Å². The lowest BCUT2D eigenvalue weighted by Crippen LogP contribution is -2.25. The van der Waals surface area contributed by atoms with Crippen LogP contribution in [0.15, 0.2) is 30.3 Å². The fraction of sp³-hybridized carbons (Fsp3) is 0.250. The second-order valence-electron chi connectivity index (χ2n) is 5.37. The maximum atomic E-state index is 12.1. The normalized spacial score (nSPS) is 10.9. The van der Waals surface area contributed by atoms with Crippen LogP contribution in [0.2, 0.25) is 5.02 Å². The van der Waals surface area contributed by atoms with Crippen LogP contribution in [-0.2, 0) is 17.8 Å². The van der Waals surface area contributed by atoms with Crippen LogP contribution in [-0.4, -0.2) is 25.5 Å². The number of hydrogen-bond acceptors (Lipinski definition) is 4. The van der Waals surface area contributed by atoms with Gasteiger partial charge in [-0.15, -0.1) is 10.2 Å². The lowest BCUT2D eigenvalue weighted by atomic mass is 10.1. The highest BCUT2D eigenvalue weighted by atomic mass is 35.5. The molecule has 0 aliphatic rings. The number of aryl methyl sites for hydroxylation is 2. The van der Waals surface area contributed by atoms with E-state index in [0.29, 0.717) is 29.6 Å². The zero-order chi connectivity index (χ0) is 16.4. The largest absolute Gasteiger partial charge is 0.348 e. The van der Waals surface area contributed by atoms with Crippen LogP contribution in [0.3, 0.4) is 0 Å². The fourth-order valence-electron chi connectivity index (χ4n) is 2.44. The van der Waals surface area contributed by atoms with Gasteiger partial charge in [0.05, 0.1) is 13.0 Å². The first-order chi connectivity index (χ1) is 11.0. The number of rotatable bonds is 4. The summed E-state index contributed by atoms with van der Waals surface area (Å²) in [5.74, 6) is 1.13. The molecule has 0 aliphatic carbocycles.